The van der Waals surface area contributed by atoms with E-state index in [4.69, 9.17) is 0 Å². The lowest BCUT2D eigenvalue weighted by atomic mass is 9.96. The smallest absolute Gasteiger partial charge is 0.191 e. The Morgan fingerprint density at radius 1 is 1.07 bits per heavy atom. The summed E-state index contributed by atoms with van der Waals surface area (Å²) in [6.07, 6.45) is 0. The van der Waals surface area contributed by atoms with Crippen molar-refractivity contribution in [2.75, 3.05) is 7.05 Å². The molecule has 0 bridgehead atoms. The molecular formula is C11H11NO2. The Labute approximate surface area is 82.1 Å². The Morgan fingerprint density at radius 2 is 1.50 bits per heavy atom. The predicted octanol–water partition coefficient (Wildman–Crippen LogP) is 1.04. The van der Waals surface area contributed by atoms with E-state index in [0.29, 0.717) is 11.1 Å². The van der Waals surface area contributed by atoms with E-state index in [1.165, 1.54) is 0 Å². The first-order valence-corrected chi connectivity index (χ1v) is 4.49. The Balaban J connectivity index is 2.65. The molecule has 0 aromatic heterocycles. The van der Waals surface area contributed by atoms with Gasteiger partial charge < -0.3 is 5.32 Å². The van der Waals surface area contributed by atoms with Crippen LogP contribution in [0.5, 0.6) is 0 Å². The normalized spacial score (nSPS) is 18.4. The number of ketones is 2. The number of hydrogen-bond acceptors (Lipinski definition) is 3. The van der Waals surface area contributed by atoms with E-state index in [2.05, 4.69) is 5.32 Å². The summed E-state index contributed by atoms with van der Waals surface area (Å²) in [5, 5.41) is 2.79. The van der Waals surface area contributed by atoms with Crippen LogP contribution in [0.4, 0.5) is 0 Å². The molecule has 1 aliphatic carbocycles. The van der Waals surface area contributed by atoms with Crippen molar-refractivity contribution in [1.82, 2.24) is 5.32 Å². The van der Waals surface area contributed by atoms with Crippen LogP contribution in [0, 0.1) is 0 Å². The fraction of sp³-hybridized carbons (Fsp3) is 0.273. The molecule has 1 aliphatic rings. The summed E-state index contributed by atoms with van der Waals surface area (Å²) in [5.41, 5.74) is -0.0207. The summed E-state index contributed by atoms with van der Waals surface area (Å²) in [5.74, 6) is -0.277. The standard InChI is InChI=1S/C11H11NO2/c1-11(12-2)9(13)7-5-3-4-6-8(7)10(11)14/h3-6,12H,1-2H3. The second kappa shape index (κ2) is 2.75. The second-order valence-corrected chi connectivity index (χ2v) is 3.58. The van der Waals surface area contributed by atoms with Crippen LogP contribution < -0.4 is 5.32 Å². The number of nitrogens with one attached hydrogen (secondary N) is 1. The molecule has 0 saturated heterocycles. The zero-order valence-electron chi connectivity index (χ0n) is 8.13. The minimum atomic E-state index is -1.07. The minimum Gasteiger partial charge on any atom is -0.301 e. The van der Waals surface area contributed by atoms with Gasteiger partial charge in [0.05, 0.1) is 0 Å². The van der Waals surface area contributed by atoms with Gasteiger partial charge in [-0.1, -0.05) is 24.3 Å². The van der Waals surface area contributed by atoms with Gasteiger partial charge >= 0.3 is 0 Å². The molecule has 0 atom stereocenters. The second-order valence-electron chi connectivity index (χ2n) is 3.58. The molecule has 1 aromatic carbocycles. The van der Waals surface area contributed by atoms with E-state index < -0.39 is 5.54 Å². The number of Topliss-reactive ketones (excluding diaryl/α,β-unsaturated/α-hetero) is 2. The van der Waals surface area contributed by atoms with Crippen LogP contribution in [0.15, 0.2) is 24.3 Å². The zero-order valence-corrected chi connectivity index (χ0v) is 8.13. The molecule has 0 fully saturated rings. The molecule has 0 amide bonds. The maximum atomic E-state index is 11.9. The van der Waals surface area contributed by atoms with Gasteiger partial charge in [-0.15, -0.1) is 0 Å². The summed E-state index contributed by atoms with van der Waals surface area (Å²) in [6, 6.07) is 6.92. The molecule has 0 saturated carbocycles. The largest absolute Gasteiger partial charge is 0.301 e. The molecule has 0 heterocycles. The summed E-state index contributed by atoms with van der Waals surface area (Å²) >= 11 is 0. The third-order valence-corrected chi connectivity index (χ3v) is 2.82. The highest BCUT2D eigenvalue weighted by atomic mass is 16.2. The number of hydrogen-bond donors (Lipinski definition) is 1. The highest BCUT2D eigenvalue weighted by Gasteiger charge is 2.47. The average molecular weight is 189 g/mol. The van der Waals surface area contributed by atoms with Crippen molar-refractivity contribution in [3.05, 3.63) is 35.4 Å². The highest BCUT2D eigenvalue weighted by Crippen LogP contribution is 2.29. The number of carbonyl (C=O) groups excluding carboxylic acids is 2. The lowest BCUT2D eigenvalue weighted by Gasteiger charge is -2.18. The zero-order chi connectivity index (χ0) is 10.3. The molecule has 0 aliphatic heterocycles. The summed E-state index contributed by atoms with van der Waals surface area (Å²) < 4.78 is 0. The lowest BCUT2D eigenvalue weighted by molar-refractivity contribution is 0.0786. The van der Waals surface area contributed by atoms with E-state index in [0.717, 1.165) is 0 Å². The van der Waals surface area contributed by atoms with Crippen molar-refractivity contribution in [2.24, 2.45) is 0 Å². The van der Waals surface area contributed by atoms with Gasteiger partial charge in [0.2, 0.25) is 0 Å². The van der Waals surface area contributed by atoms with Crippen molar-refractivity contribution in [1.29, 1.82) is 0 Å². The summed E-state index contributed by atoms with van der Waals surface area (Å²) in [4.78, 5) is 23.8. The summed E-state index contributed by atoms with van der Waals surface area (Å²) in [6.45, 7) is 1.62. The molecule has 3 nitrogen and oxygen atoms in total. The van der Waals surface area contributed by atoms with Crippen molar-refractivity contribution in [3.63, 3.8) is 0 Å². The minimum absolute atomic E-state index is 0.138. The first-order chi connectivity index (χ1) is 6.61. The molecule has 1 aromatic rings. The first-order valence-electron chi connectivity index (χ1n) is 4.49. The van der Waals surface area contributed by atoms with E-state index >= 15 is 0 Å². The van der Waals surface area contributed by atoms with Gasteiger partial charge in [0.25, 0.3) is 0 Å². The maximum absolute atomic E-state index is 11.9. The molecular weight excluding hydrogens is 178 g/mol. The first kappa shape index (κ1) is 9.09. The SMILES string of the molecule is CNC1(C)C(=O)c2ccccc2C1=O. The van der Waals surface area contributed by atoms with Gasteiger partial charge in [-0.2, -0.15) is 0 Å². The average Bonchev–Trinajstić information content (AvgIpc) is 2.43. The Morgan fingerprint density at radius 3 is 1.86 bits per heavy atom. The van der Waals surface area contributed by atoms with Gasteiger partial charge in [0, 0.05) is 11.1 Å². The fourth-order valence-electron chi connectivity index (χ4n) is 1.75. The van der Waals surface area contributed by atoms with Gasteiger partial charge in [-0.05, 0) is 14.0 Å². The van der Waals surface area contributed by atoms with Crippen LogP contribution in [-0.4, -0.2) is 24.2 Å². The van der Waals surface area contributed by atoms with Crippen molar-refractivity contribution in [2.45, 2.75) is 12.5 Å². The fourth-order valence-corrected chi connectivity index (χ4v) is 1.75. The molecule has 0 spiro atoms. The third kappa shape index (κ3) is 0.902. The van der Waals surface area contributed by atoms with Crippen molar-refractivity contribution >= 4 is 11.6 Å². The van der Waals surface area contributed by atoms with Crippen LogP contribution >= 0.6 is 0 Å². The molecule has 14 heavy (non-hydrogen) atoms. The third-order valence-electron chi connectivity index (χ3n) is 2.82. The Bertz CT molecular complexity index is 388. The van der Waals surface area contributed by atoms with Crippen LogP contribution in [0.25, 0.3) is 0 Å². The predicted molar refractivity (Wildman–Crippen MR) is 52.6 cm³/mol. The highest BCUT2D eigenvalue weighted by molar-refractivity contribution is 6.32. The van der Waals surface area contributed by atoms with Gasteiger partial charge in [-0.3, -0.25) is 9.59 Å². The van der Waals surface area contributed by atoms with Crippen LogP contribution in [0.2, 0.25) is 0 Å². The maximum Gasteiger partial charge on any atom is 0.191 e. The van der Waals surface area contributed by atoms with Gasteiger partial charge in [0.15, 0.2) is 11.6 Å². The molecule has 1 N–H and O–H groups in total. The number of rotatable bonds is 1. The van der Waals surface area contributed by atoms with Crippen LogP contribution in [0.1, 0.15) is 27.6 Å². The van der Waals surface area contributed by atoms with Gasteiger partial charge in [-0.25, -0.2) is 0 Å². The van der Waals surface area contributed by atoms with E-state index in [1.807, 2.05) is 0 Å². The number of carbonyl (C=O) groups is 2. The number of fused-ring (bicyclic) bond motifs is 1. The molecule has 0 unspecified atom stereocenters. The van der Waals surface area contributed by atoms with E-state index in [-0.39, 0.29) is 11.6 Å². The summed E-state index contributed by atoms with van der Waals surface area (Å²) in [7, 11) is 1.63. The molecule has 0 radical (unpaired) electrons. The topological polar surface area (TPSA) is 46.2 Å². The Hall–Kier alpha value is -1.48. The van der Waals surface area contributed by atoms with Crippen molar-refractivity contribution in [3.8, 4) is 0 Å². The van der Waals surface area contributed by atoms with E-state index in [1.54, 1.807) is 38.2 Å². The molecule has 3 heteroatoms. The quantitative estimate of drug-likeness (QED) is 0.671. The number of likely N-dealkylation sites (N-methyl/N-ethyl adjacent to an activating group) is 1. The van der Waals surface area contributed by atoms with Crippen molar-refractivity contribution < 1.29 is 9.59 Å². The Kier molecular flexibility index (Phi) is 1.79. The lowest BCUT2D eigenvalue weighted by Crippen LogP contribution is -2.49. The van der Waals surface area contributed by atoms with Crippen LogP contribution in [-0.2, 0) is 0 Å². The van der Waals surface area contributed by atoms with Crippen LogP contribution in [0.3, 0.4) is 0 Å². The van der Waals surface area contributed by atoms with Gasteiger partial charge in [0.1, 0.15) is 5.54 Å². The van der Waals surface area contributed by atoms with E-state index in [9.17, 15) is 9.59 Å². The monoisotopic (exact) mass is 189 g/mol. The molecule has 2 rings (SSSR count). The molecule has 72 valence electrons. The number of benzene rings is 1.